The molecule has 2 aromatic rings. The zero-order chi connectivity index (χ0) is 25.4. The van der Waals surface area contributed by atoms with Crippen molar-refractivity contribution in [2.75, 3.05) is 13.7 Å². The summed E-state index contributed by atoms with van der Waals surface area (Å²) in [6.07, 6.45) is 1.40. The predicted octanol–water partition coefficient (Wildman–Crippen LogP) is 3.50. The third-order valence-corrected chi connectivity index (χ3v) is 5.68. The number of benzene rings is 1. The maximum Gasteiger partial charge on any atom is 0.329 e. The number of pyridine rings is 1. The van der Waals surface area contributed by atoms with Crippen molar-refractivity contribution in [3.8, 4) is 17.2 Å². The van der Waals surface area contributed by atoms with Gasteiger partial charge in [0.15, 0.2) is 23.3 Å². The zero-order valence-electron chi connectivity index (χ0n) is 20.6. The number of aromatic hydroxyl groups is 1. The molecule has 0 spiro atoms. The minimum absolute atomic E-state index is 0.113. The number of para-hydroxylation sites is 1. The number of methoxy groups -OCH3 is 1. The van der Waals surface area contributed by atoms with Gasteiger partial charge in [-0.15, -0.1) is 0 Å². The fraction of sp³-hybridized carbons (Fsp3) is 0.500. The summed E-state index contributed by atoms with van der Waals surface area (Å²) >= 11 is 0. The summed E-state index contributed by atoms with van der Waals surface area (Å²) in [5, 5.41) is 12.9. The molecule has 9 nitrogen and oxygen atoms in total. The van der Waals surface area contributed by atoms with Crippen LogP contribution in [0.1, 0.15) is 50.5 Å². The molecule has 3 rings (SSSR count). The van der Waals surface area contributed by atoms with Crippen LogP contribution in [-0.2, 0) is 14.3 Å². The second-order valence-electron chi connectivity index (χ2n) is 8.97. The fourth-order valence-corrected chi connectivity index (χ4v) is 3.89. The maximum absolute atomic E-state index is 13.0. The second kappa shape index (κ2) is 12.4. The summed E-state index contributed by atoms with van der Waals surface area (Å²) < 4.78 is 23.2. The summed E-state index contributed by atoms with van der Waals surface area (Å²) in [5.74, 6) is -0.577. The molecule has 0 aliphatic carbocycles. The minimum atomic E-state index is -0.918. The van der Waals surface area contributed by atoms with E-state index in [0.29, 0.717) is 37.5 Å². The molecule has 1 fully saturated rings. The number of carbonyl (C=O) groups is 2. The van der Waals surface area contributed by atoms with Gasteiger partial charge < -0.3 is 29.4 Å². The maximum atomic E-state index is 13.0. The Morgan fingerprint density at radius 1 is 1.23 bits per heavy atom. The number of hydrogen-bond acceptors (Lipinski definition) is 8. The summed E-state index contributed by atoms with van der Waals surface area (Å²) in [5.41, 5.74) is -0.228. The number of aromatic nitrogens is 1. The molecule has 1 aliphatic rings. The molecule has 1 amide bonds. The van der Waals surface area contributed by atoms with E-state index in [0.717, 1.165) is 0 Å². The van der Waals surface area contributed by atoms with Crippen LogP contribution in [0.15, 0.2) is 42.6 Å². The zero-order valence-corrected chi connectivity index (χ0v) is 20.6. The van der Waals surface area contributed by atoms with Crippen LogP contribution in [0, 0.1) is 5.92 Å². The lowest BCUT2D eigenvalue weighted by molar-refractivity contribution is -0.159. The van der Waals surface area contributed by atoms with Gasteiger partial charge in [0.25, 0.3) is 5.91 Å². The highest BCUT2D eigenvalue weighted by Crippen LogP contribution is 2.28. The van der Waals surface area contributed by atoms with E-state index in [9.17, 15) is 14.7 Å². The van der Waals surface area contributed by atoms with Gasteiger partial charge in [0.1, 0.15) is 17.9 Å². The molecular formula is C26H34N2O7. The predicted molar refractivity (Wildman–Crippen MR) is 129 cm³/mol. The quantitative estimate of drug-likeness (QED) is 0.545. The first kappa shape index (κ1) is 26.3. The molecule has 2 heterocycles. The SMILES string of the molecule is COc1ccnc(C(=O)NC2CCCC(OCC(C)C)C(Oc3ccccc3)C(C)OC2=O)c1O. The molecule has 0 bridgehead atoms. The molecule has 1 aromatic carbocycles. The average molecular weight is 487 g/mol. The van der Waals surface area contributed by atoms with Gasteiger partial charge in [-0.05, 0) is 44.2 Å². The van der Waals surface area contributed by atoms with Crippen molar-refractivity contribution in [3.63, 3.8) is 0 Å². The number of carbonyl (C=O) groups excluding carboxylic acids is 2. The molecule has 1 aliphatic heterocycles. The first-order valence-electron chi connectivity index (χ1n) is 11.9. The highest BCUT2D eigenvalue weighted by Gasteiger charge is 2.37. The van der Waals surface area contributed by atoms with Crippen LogP contribution >= 0.6 is 0 Å². The van der Waals surface area contributed by atoms with Crippen LogP contribution in [0.5, 0.6) is 17.2 Å². The first-order valence-corrected chi connectivity index (χ1v) is 11.9. The molecule has 1 saturated heterocycles. The van der Waals surface area contributed by atoms with E-state index < -0.39 is 35.9 Å². The third kappa shape index (κ3) is 7.08. The summed E-state index contributed by atoms with van der Waals surface area (Å²) in [6, 6.07) is 9.85. The highest BCUT2D eigenvalue weighted by molar-refractivity contribution is 5.97. The van der Waals surface area contributed by atoms with Gasteiger partial charge in [0.05, 0.1) is 13.2 Å². The largest absolute Gasteiger partial charge is 0.503 e. The van der Waals surface area contributed by atoms with Gasteiger partial charge in [-0.3, -0.25) is 4.79 Å². The Balaban J connectivity index is 1.78. The van der Waals surface area contributed by atoms with Gasteiger partial charge >= 0.3 is 5.97 Å². The van der Waals surface area contributed by atoms with E-state index in [2.05, 4.69) is 24.1 Å². The summed E-state index contributed by atoms with van der Waals surface area (Å²) in [4.78, 5) is 29.8. The lowest BCUT2D eigenvalue weighted by Crippen LogP contribution is -2.47. The molecule has 35 heavy (non-hydrogen) atoms. The lowest BCUT2D eigenvalue weighted by atomic mass is 10.0. The number of cyclic esters (lactones) is 1. The van der Waals surface area contributed by atoms with E-state index in [4.69, 9.17) is 18.9 Å². The highest BCUT2D eigenvalue weighted by atomic mass is 16.6. The standard InChI is InChI=1S/C26H34N2O7/c1-16(2)15-33-21-12-8-11-19(28-25(30)22-23(29)20(32-4)13-14-27-22)26(31)34-17(3)24(21)35-18-9-6-5-7-10-18/h5-7,9-10,13-14,16-17,19,21,24,29H,8,11-12,15H2,1-4H3,(H,28,30). The van der Waals surface area contributed by atoms with Crippen LogP contribution in [0.2, 0.25) is 0 Å². The fourth-order valence-electron chi connectivity index (χ4n) is 3.89. The van der Waals surface area contributed by atoms with Crippen LogP contribution in [0.4, 0.5) is 0 Å². The molecule has 190 valence electrons. The van der Waals surface area contributed by atoms with Gasteiger partial charge in [-0.25, -0.2) is 9.78 Å². The number of amides is 1. The minimum Gasteiger partial charge on any atom is -0.503 e. The van der Waals surface area contributed by atoms with E-state index >= 15 is 0 Å². The van der Waals surface area contributed by atoms with Crippen LogP contribution < -0.4 is 14.8 Å². The van der Waals surface area contributed by atoms with Gasteiger partial charge in [0, 0.05) is 18.9 Å². The van der Waals surface area contributed by atoms with Crippen molar-refractivity contribution in [1.82, 2.24) is 10.3 Å². The number of hydrogen-bond donors (Lipinski definition) is 2. The molecule has 0 saturated carbocycles. The second-order valence-corrected chi connectivity index (χ2v) is 8.97. The van der Waals surface area contributed by atoms with Crippen molar-refractivity contribution in [2.45, 2.75) is 64.4 Å². The number of ether oxygens (including phenoxy) is 4. The smallest absolute Gasteiger partial charge is 0.329 e. The molecule has 2 N–H and O–H groups in total. The molecule has 4 atom stereocenters. The summed E-state index contributed by atoms with van der Waals surface area (Å²) in [7, 11) is 1.37. The van der Waals surface area contributed by atoms with E-state index in [1.165, 1.54) is 19.4 Å². The molecule has 0 radical (unpaired) electrons. The molecular weight excluding hydrogens is 452 g/mol. The topological polar surface area (TPSA) is 116 Å². The van der Waals surface area contributed by atoms with E-state index in [1.54, 1.807) is 6.92 Å². The van der Waals surface area contributed by atoms with Crippen molar-refractivity contribution >= 4 is 11.9 Å². The Labute approximate surface area is 205 Å². The molecule has 1 aromatic heterocycles. The van der Waals surface area contributed by atoms with Crippen molar-refractivity contribution in [3.05, 3.63) is 48.3 Å². The van der Waals surface area contributed by atoms with Crippen LogP contribution in [0.25, 0.3) is 0 Å². The van der Waals surface area contributed by atoms with Crippen LogP contribution in [-0.4, -0.2) is 60.0 Å². The average Bonchev–Trinajstić information content (AvgIpc) is 2.88. The van der Waals surface area contributed by atoms with E-state index in [1.807, 2.05) is 30.3 Å². The van der Waals surface area contributed by atoms with Gasteiger partial charge in [-0.2, -0.15) is 0 Å². The Kier molecular flexibility index (Phi) is 9.31. The van der Waals surface area contributed by atoms with E-state index in [-0.39, 0.29) is 17.5 Å². The number of esters is 1. The normalized spacial score (nSPS) is 22.9. The Morgan fingerprint density at radius 3 is 2.66 bits per heavy atom. The van der Waals surface area contributed by atoms with Crippen LogP contribution in [0.3, 0.4) is 0 Å². The summed E-state index contributed by atoms with van der Waals surface area (Å²) in [6.45, 7) is 6.44. The molecule has 9 heteroatoms. The number of nitrogens with one attached hydrogen (secondary N) is 1. The number of nitrogens with zero attached hydrogens (tertiary/aromatic N) is 1. The monoisotopic (exact) mass is 486 g/mol. The first-order chi connectivity index (χ1) is 16.8. The molecule has 4 unspecified atom stereocenters. The Hall–Kier alpha value is -3.33. The van der Waals surface area contributed by atoms with Gasteiger partial charge in [0.2, 0.25) is 0 Å². The third-order valence-electron chi connectivity index (χ3n) is 5.68. The van der Waals surface area contributed by atoms with Crippen molar-refractivity contribution < 1.29 is 33.6 Å². The van der Waals surface area contributed by atoms with Crippen molar-refractivity contribution in [1.29, 1.82) is 0 Å². The lowest BCUT2D eigenvalue weighted by Gasteiger charge is -2.32. The number of rotatable bonds is 8. The van der Waals surface area contributed by atoms with Gasteiger partial charge in [-0.1, -0.05) is 32.0 Å². The Morgan fingerprint density at radius 2 is 1.97 bits per heavy atom. The Bertz CT molecular complexity index is 983. The van der Waals surface area contributed by atoms with Crippen molar-refractivity contribution in [2.24, 2.45) is 5.92 Å².